The maximum atomic E-state index is 13.0. The molecule has 1 atom stereocenters. The van der Waals surface area contributed by atoms with Crippen LogP contribution >= 0.6 is 22.9 Å². The van der Waals surface area contributed by atoms with Crippen molar-refractivity contribution < 1.29 is 27.6 Å². The average molecular weight is 541 g/mol. The summed E-state index contributed by atoms with van der Waals surface area (Å²) in [6.07, 6.45) is -1.53. The number of hydrogen-bond acceptors (Lipinski definition) is 9. The molecule has 0 unspecified atom stereocenters. The van der Waals surface area contributed by atoms with Crippen molar-refractivity contribution in [3.05, 3.63) is 56.5 Å². The molecule has 11 nitrogen and oxygen atoms in total. The second-order valence-corrected chi connectivity index (χ2v) is 8.93. The summed E-state index contributed by atoms with van der Waals surface area (Å²) < 4.78 is 39.1. The van der Waals surface area contributed by atoms with Gasteiger partial charge in [0, 0.05) is 18.3 Å². The maximum absolute atomic E-state index is 13.0. The Balaban J connectivity index is 1.45. The van der Waals surface area contributed by atoms with E-state index in [1.807, 2.05) is 0 Å². The van der Waals surface area contributed by atoms with Gasteiger partial charge in [0.15, 0.2) is 0 Å². The Morgan fingerprint density at radius 3 is 2.67 bits per heavy atom. The van der Waals surface area contributed by atoms with Crippen molar-refractivity contribution in [2.45, 2.75) is 25.7 Å². The molecule has 0 aliphatic carbocycles. The molecule has 188 valence electrons. The number of nitrogens with one attached hydrogen (secondary N) is 4. The van der Waals surface area contributed by atoms with Gasteiger partial charge in [0.25, 0.3) is 11.8 Å². The van der Waals surface area contributed by atoms with Crippen LogP contribution in [0, 0.1) is 0 Å². The molecule has 16 heteroatoms. The number of alkyl halides is 3. The lowest BCUT2D eigenvalue weighted by Gasteiger charge is -2.14. The molecule has 4 N–H and O–H groups in total. The van der Waals surface area contributed by atoms with Gasteiger partial charge in [-0.3, -0.25) is 14.4 Å². The van der Waals surface area contributed by atoms with E-state index in [0.717, 1.165) is 23.9 Å². The molecular weight excluding hydrogens is 525 g/mol. The van der Waals surface area contributed by atoms with Crippen LogP contribution in [0.5, 0.6) is 0 Å². The highest BCUT2D eigenvalue weighted by molar-refractivity contribution is 7.13. The SMILES string of the molecule is C[C@@H](NC(=O)c1ncnc2c1CNCC(=O)N2)c1ncc(C(=O)Nc2cc(C(F)(F)F)c(Cl)cn2)s1. The van der Waals surface area contributed by atoms with E-state index >= 15 is 0 Å². The van der Waals surface area contributed by atoms with Crippen LogP contribution in [-0.2, 0) is 17.5 Å². The fraction of sp³-hybridized carbons (Fsp3) is 0.250. The summed E-state index contributed by atoms with van der Waals surface area (Å²) in [4.78, 5) is 53.0. The van der Waals surface area contributed by atoms with Crippen molar-refractivity contribution in [2.24, 2.45) is 0 Å². The predicted molar refractivity (Wildman–Crippen MR) is 123 cm³/mol. The monoisotopic (exact) mass is 540 g/mol. The molecule has 0 spiro atoms. The Morgan fingerprint density at radius 1 is 1.14 bits per heavy atom. The third-order valence-electron chi connectivity index (χ3n) is 4.87. The Bertz CT molecular complexity index is 1350. The molecule has 3 aromatic heterocycles. The number of fused-ring (bicyclic) bond motifs is 1. The van der Waals surface area contributed by atoms with Crippen molar-refractivity contribution in [3.63, 3.8) is 0 Å². The number of pyridine rings is 1. The van der Waals surface area contributed by atoms with Crippen LogP contribution in [-0.4, -0.2) is 44.2 Å². The summed E-state index contributed by atoms with van der Waals surface area (Å²) in [6.45, 7) is 1.89. The third kappa shape index (κ3) is 5.58. The summed E-state index contributed by atoms with van der Waals surface area (Å²) in [5.41, 5.74) is -0.653. The highest BCUT2D eigenvalue weighted by atomic mass is 35.5. The van der Waals surface area contributed by atoms with Crippen LogP contribution < -0.4 is 21.3 Å². The first-order chi connectivity index (χ1) is 17.0. The van der Waals surface area contributed by atoms with Gasteiger partial charge in [0.2, 0.25) is 5.91 Å². The van der Waals surface area contributed by atoms with E-state index in [0.29, 0.717) is 16.6 Å². The van der Waals surface area contributed by atoms with E-state index in [9.17, 15) is 27.6 Å². The Hall–Kier alpha value is -3.69. The molecule has 3 aromatic rings. The van der Waals surface area contributed by atoms with E-state index in [4.69, 9.17) is 11.6 Å². The minimum absolute atomic E-state index is 0.0564. The first-order valence-corrected chi connectivity index (χ1v) is 11.4. The summed E-state index contributed by atoms with van der Waals surface area (Å²) >= 11 is 6.48. The number of anilines is 2. The van der Waals surface area contributed by atoms with E-state index in [-0.39, 0.29) is 41.2 Å². The summed E-state index contributed by atoms with van der Waals surface area (Å²) in [5, 5.41) is 10.2. The first-order valence-electron chi connectivity index (χ1n) is 10.2. The molecule has 0 fully saturated rings. The minimum Gasteiger partial charge on any atom is -0.342 e. The number of amides is 3. The molecule has 1 aliphatic rings. The van der Waals surface area contributed by atoms with Crippen LogP contribution in [0.15, 0.2) is 24.8 Å². The van der Waals surface area contributed by atoms with Crippen LogP contribution in [0.2, 0.25) is 5.02 Å². The zero-order valence-electron chi connectivity index (χ0n) is 18.2. The molecule has 0 aromatic carbocycles. The molecule has 1 aliphatic heterocycles. The lowest BCUT2D eigenvalue weighted by molar-refractivity contribution is -0.137. The van der Waals surface area contributed by atoms with Crippen molar-refractivity contribution in [1.29, 1.82) is 0 Å². The number of carbonyl (C=O) groups is 3. The summed E-state index contributed by atoms with van der Waals surface area (Å²) in [5.74, 6) is -1.69. The molecule has 0 saturated carbocycles. The Morgan fingerprint density at radius 2 is 1.92 bits per heavy atom. The number of nitrogens with zero attached hydrogens (tertiary/aromatic N) is 4. The molecule has 4 heterocycles. The van der Waals surface area contributed by atoms with Crippen molar-refractivity contribution in [1.82, 2.24) is 30.6 Å². The molecule has 36 heavy (non-hydrogen) atoms. The highest BCUT2D eigenvalue weighted by Gasteiger charge is 2.34. The smallest absolute Gasteiger partial charge is 0.342 e. The van der Waals surface area contributed by atoms with Gasteiger partial charge in [-0.15, -0.1) is 11.3 Å². The lowest BCUT2D eigenvalue weighted by Crippen LogP contribution is -2.29. The molecule has 0 saturated heterocycles. The van der Waals surface area contributed by atoms with Gasteiger partial charge >= 0.3 is 6.18 Å². The lowest BCUT2D eigenvalue weighted by atomic mass is 10.2. The standard InChI is InChI=1S/C20H16ClF3N8O3S/c1-8(30-18(35)15-9-3-25-6-14(33)32-16(9)29-7-28-15)19-27-5-12(36-19)17(34)31-13-2-10(20(22,23)24)11(21)4-26-13/h2,4-5,7-8,25H,3,6H2,1H3,(H,30,35)(H,26,31,34)(H,28,29,32,33)/t8-/m1/s1. The topological polar surface area (TPSA) is 151 Å². The number of rotatable bonds is 5. The zero-order valence-corrected chi connectivity index (χ0v) is 19.8. The number of hydrogen-bond donors (Lipinski definition) is 4. The number of aromatic nitrogens is 4. The van der Waals surface area contributed by atoms with E-state index < -0.39 is 34.6 Å². The van der Waals surface area contributed by atoms with Crippen LogP contribution in [0.25, 0.3) is 0 Å². The zero-order chi connectivity index (χ0) is 26.0. The van der Waals surface area contributed by atoms with Gasteiger partial charge in [-0.1, -0.05) is 11.6 Å². The second-order valence-electron chi connectivity index (χ2n) is 7.46. The van der Waals surface area contributed by atoms with Crippen molar-refractivity contribution in [3.8, 4) is 0 Å². The molecular formula is C20H16ClF3N8O3S. The average Bonchev–Trinajstić information content (AvgIpc) is 3.23. The van der Waals surface area contributed by atoms with E-state index in [2.05, 4.69) is 41.2 Å². The minimum atomic E-state index is -4.71. The fourth-order valence-electron chi connectivity index (χ4n) is 3.18. The van der Waals surface area contributed by atoms with Gasteiger partial charge in [-0.2, -0.15) is 13.2 Å². The Kier molecular flexibility index (Phi) is 7.14. The van der Waals surface area contributed by atoms with Gasteiger partial charge in [-0.05, 0) is 13.0 Å². The van der Waals surface area contributed by atoms with Gasteiger partial charge in [-0.25, -0.2) is 19.9 Å². The van der Waals surface area contributed by atoms with Crippen LogP contribution in [0.1, 0.15) is 49.3 Å². The normalized spacial score (nSPS) is 14.3. The van der Waals surface area contributed by atoms with Crippen LogP contribution in [0.3, 0.4) is 0 Å². The largest absolute Gasteiger partial charge is 0.418 e. The molecule has 4 rings (SSSR count). The number of carbonyl (C=O) groups excluding carboxylic acids is 3. The molecule has 3 amide bonds. The van der Waals surface area contributed by atoms with Crippen LogP contribution in [0.4, 0.5) is 24.8 Å². The second kappa shape index (κ2) is 10.1. The van der Waals surface area contributed by atoms with Crippen molar-refractivity contribution in [2.75, 3.05) is 17.2 Å². The summed E-state index contributed by atoms with van der Waals surface area (Å²) in [7, 11) is 0. The number of halogens is 4. The van der Waals surface area contributed by atoms with Gasteiger partial charge in [0.05, 0.1) is 29.4 Å². The quantitative estimate of drug-likeness (QED) is 0.386. The number of thiazole rings is 1. The highest BCUT2D eigenvalue weighted by Crippen LogP contribution is 2.35. The van der Waals surface area contributed by atoms with Crippen molar-refractivity contribution >= 4 is 52.3 Å². The van der Waals surface area contributed by atoms with E-state index in [1.165, 1.54) is 6.20 Å². The molecule has 0 radical (unpaired) electrons. The summed E-state index contributed by atoms with van der Waals surface area (Å²) in [6, 6.07) is -0.0130. The maximum Gasteiger partial charge on any atom is 0.418 e. The van der Waals surface area contributed by atoms with Gasteiger partial charge in [0.1, 0.15) is 33.5 Å². The third-order valence-corrected chi connectivity index (χ3v) is 6.35. The first kappa shape index (κ1) is 25.4. The molecule has 0 bridgehead atoms. The van der Waals surface area contributed by atoms with E-state index in [1.54, 1.807) is 6.92 Å². The predicted octanol–water partition coefficient (Wildman–Crippen LogP) is 2.79. The van der Waals surface area contributed by atoms with Gasteiger partial charge < -0.3 is 21.3 Å². The fourth-order valence-corrected chi connectivity index (χ4v) is 4.21. The Labute approximate surface area is 209 Å².